The van der Waals surface area contributed by atoms with Gasteiger partial charge in [0.1, 0.15) is 5.82 Å². The number of hydrazine groups is 1. The third-order valence-electron chi connectivity index (χ3n) is 4.44. The van der Waals surface area contributed by atoms with Crippen molar-refractivity contribution < 1.29 is 9.13 Å². The number of hydrogen-bond acceptors (Lipinski definition) is 3. The maximum absolute atomic E-state index is 13.6. The van der Waals surface area contributed by atoms with E-state index < -0.39 is 5.82 Å². The topological polar surface area (TPSA) is 47.3 Å². The Morgan fingerprint density at radius 1 is 1.38 bits per heavy atom. The molecule has 2 unspecified atom stereocenters. The lowest BCUT2D eigenvalue weighted by Gasteiger charge is -2.34. The first kappa shape index (κ1) is 16.7. The van der Waals surface area contributed by atoms with Gasteiger partial charge < -0.3 is 4.74 Å². The van der Waals surface area contributed by atoms with E-state index in [9.17, 15) is 4.39 Å². The third-order valence-corrected chi connectivity index (χ3v) is 4.74. The van der Waals surface area contributed by atoms with Crippen LogP contribution in [0.5, 0.6) is 0 Å². The van der Waals surface area contributed by atoms with E-state index in [2.05, 4.69) is 5.43 Å². The van der Waals surface area contributed by atoms with Gasteiger partial charge in [-0.25, -0.2) is 4.39 Å². The molecule has 0 bridgehead atoms. The zero-order valence-electron chi connectivity index (χ0n) is 12.4. The molecule has 1 saturated carbocycles. The Kier molecular flexibility index (Phi) is 6.42. The van der Waals surface area contributed by atoms with Crippen molar-refractivity contribution in [2.24, 2.45) is 11.8 Å². The molecule has 1 aliphatic rings. The zero-order chi connectivity index (χ0) is 15.2. The van der Waals surface area contributed by atoms with Crippen molar-refractivity contribution in [2.75, 3.05) is 7.11 Å². The number of methoxy groups -OCH3 is 1. The van der Waals surface area contributed by atoms with Crippen LogP contribution in [0.1, 0.15) is 37.7 Å². The van der Waals surface area contributed by atoms with E-state index in [0.29, 0.717) is 12.3 Å². The van der Waals surface area contributed by atoms with Crippen LogP contribution in [0.4, 0.5) is 4.39 Å². The maximum Gasteiger partial charge on any atom is 0.142 e. The number of rotatable bonds is 6. The molecule has 0 aromatic heterocycles. The number of nitrogens with one attached hydrogen (secondary N) is 1. The Morgan fingerprint density at radius 2 is 2.10 bits per heavy atom. The van der Waals surface area contributed by atoms with Crippen molar-refractivity contribution in [2.45, 2.75) is 50.7 Å². The molecule has 118 valence electrons. The summed E-state index contributed by atoms with van der Waals surface area (Å²) >= 11 is 5.72. The average molecular weight is 315 g/mol. The Hall–Kier alpha value is -0.680. The Balaban J connectivity index is 2.07. The Labute approximate surface area is 131 Å². The molecule has 1 fully saturated rings. The summed E-state index contributed by atoms with van der Waals surface area (Å²) in [6.07, 6.45) is 6.82. The van der Waals surface area contributed by atoms with E-state index in [0.717, 1.165) is 5.56 Å². The molecular weight excluding hydrogens is 291 g/mol. The summed E-state index contributed by atoms with van der Waals surface area (Å²) in [7, 11) is 1.73. The van der Waals surface area contributed by atoms with Crippen molar-refractivity contribution in [3.63, 3.8) is 0 Å². The van der Waals surface area contributed by atoms with Crippen molar-refractivity contribution in [3.05, 3.63) is 34.6 Å². The van der Waals surface area contributed by atoms with Crippen LogP contribution < -0.4 is 11.3 Å². The van der Waals surface area contributed by atoms with Gasteiger partial charge in [0.2, 0.25) is 0 Å². The Bertz CT molecular complexity index is 452. The summed E-state index contributed by atoms with van der Waals surface area (Å²) in [4.78, 5) is 0. The molecule has 0 heterocycles. The zero-order valence-corrected chi connectivity index (χ0v) is 13.2. The molecule has 0 amide bonds. The van der Waals surface area contributed by atoms with Gasteiger partial charge in [0.15, 0.2) is 0 Å². The van der Waals surface area contributed by atoms with Crippen LogP contribution in [-0.2, 0) is 11.2 Å². The second-order valence-corrected chi connectivity index (χ2v) is 6.23. The lowest BCUT2D eigenvalue weighted by atomic mass is 9.81. The minimum Gasteiger partial charge on any atom is -0.379 e. The van der Waals surface area contributed by atoms with Crippen LogP contribution in [0.3, 0.4) is 0 Å². The van der Waals surface area contributed by atoms with Crippen molar-refractivity contribution in [1.29, 1.82) is 0 Å². The molecule has 0 aliphatic heterocycles. The number of ether oxygens (including phenoxy) is 1. The van der Waals surface area contributed by atoms with E-state index in [1.807, 2.05) is 6.07 Å². The minimum atomic E-state index is -0.392. The van der Waals surface area contributed by atoms with E-state index >= 15 is 0 Å². The van der Waals surface area contributed by atoms with E-state index in [1.165, 1.54) is 38.2 Å². The van der Waals surface area contributed by atoms with Crippen LogP contribution in [0.25, 0.3) is 0 Å². The van der Waals surface area contributed by atoms with Gasteiger partial charge in [-0.2, -0.15) is 0 Å². The molecule has 0 radical (unpaired) electrons. The summed E-state index contributed by atoms with van der Waals surface area (Å²) in [5, 5.41) is 0.145. The lowest BCUT2D eigenvalue weighted by molar-refractivity contribution is 0.00826. The first-order valence-corrected chi connectivity index (χ1v) is 7.96. The minimum absolute atomic E-state index is 0.0290. The summed E-state index contributed by atoms with van der Waals surface area (Å²) in [6.45, 7) is 0. The smallest absolute Gasteiger partial charge is 0.142 e. The van der Waals surface area contributed by atoms with Crippen LogP contribution >= 0.6 is 11.6 Å². The monoisotopic (exact) mass is 314 g/mol. The maximum atomic E-state index is 13.6. The first-order chi connectivity index (χ1) is 10.2. The quantitative estimate of drug-likeness (QED) is 0.624. The highest BCUT2D eigenvalue weighted by molar-refractivity contribution is 6.30. The SMILES string of the molecule is COC(C1CCCCC1)C(Cc1ccc(Cl)c(F)c1)NN. The fraction of sp³-hybridized carbons (Fsp3) is 0.625. The van der Waals surface area contributed by atoms with Crippen LogP contribution in [0, 0.1) is 11.7 Å². The van der Waals surface area contributed by atoms with E-state index in [4.69, 9.17) is 22.2 Å². The highest BCUT2D eigenvalue weighted by atomic mass is 35.5. The molecule has 5 heteroatoms. The van der Waals surface area contributed by atoms with Gasteiger partial charge in [0.05, 0.1) is 17.2 Å². The predicted molar refractivity (Wildman–Crippen MR) is 83.6 cm³/mol. The number of halogens is 2. The van der Waals surface area contributed by atoms with Gasteiger partial charge in [-0.1, -0.05) is 36.9 Å². The molecular formula is C16H24ClFN2O. The number of hydrogen-bond donors (Lipinski definition) is 2. The summed E-state index contributed by atoms with van der Waals surface area (Å²) in [5.41, 5.74) is 3.73. The third kappa shape index (κ3) is 4.39. The van der Waals surface area contributed by atoms with Crippen LogP contribution in [0.15, 0.2) is 18.2 Å². The second-order valence-electron chi connectivity index (χ2n) is 5.82. The molecule has 3 N–H and O–H groups in total. The fourth-order valence-electron chi connectivity index (χ4n) is 3.34. The Morgan fingerprint density at radius 3 is 2.67 bits per heavy atom. The van der Waals surface area contributed by atoms with E-state index in [-0.39, 0.29) is 17.2 Å². The van der Waals surface area contributed by atoms with E-state index in [1.54, 1.807) is 13.2 Å². The van der Waals surface area contributed by atoms with Gasteiger partial charge >= 0.3 is 0 Å². The molecule has 3 nitrogen and oxygen atoms in total. The highest BCUT2D eigenvalue weighted by Crippen LogP contribution is 2.30. The molecule has 21 heavy (non-hydrogen) atoms. The molecule has 0 saturated heterocycles. The second kappa shape index (κ2) is 8.08. The van der Waals surface area contributed by atoms with Crippen molar-refractivity contribution in [1.82, 2.24) is 5.43 Å². The summed E-state index contributed by atoms with van der Waals surface area (Å²) in [6, 6.07) is 4.87. The van der Waals surface area contributed by atoms with Gasteiger partial charge in [-0.3, -0.25) is 11.3 Å². The van der Waals surface area contributed by atoms with Gasteiger partial charge in [0.25, 0.3) is 0 Å². The molecule has 1 aromatic carbocycles. The molecule has 1 aliphatic carbocycles. The lowest BCUT2D eigenvalue weighted by Crippen LogP contribution is -2.49. The molecule has 2 atom stereocenters. The largest absolute Gasteiger partial charge is 0.379 e. The molecule has 2 rings (SSSR count). The fourth-order valence-corrected chi connectivity index (χ4v) is 3.46. The van der Waals surface area contributed by atoms with Crippen LogP contribution in [-0.4, -0.2) is 19.3 Å². The highest BCUT2D eigenvalue weighted by Gasteiger charge is 2.30. The number of nitrogens with two attached hydrogens (primary N) is 1. The average Bonchev–Trinajstić information content (AvgIpc) is 2.51. The summed E-state index contributed by atoms with van der Waals surface area (Å²) in [5.74, 6) is 5.85. The van der Waals surface area contributed by atoms with Crippen molar-refractivity contribution in [3.8, 4) is 0 Å². The molecule has 1 aromatic rings. The van der Waals surface area contributed by atoms with Gasteiger partial charge in [-0.05, 0) is 42.9 Å². The molecule has 0 spiro atoms. The van der Waals surface area contributed by atoms with Gasteiger partial charge in [0, 0.05) is 7.11 Å². The predicted octanol–water partition coefficient (Wildman–Crippen LogP) is 3.45. The standard InChI is InChI=1S/C16H24ClFN2O/c1-21-16(12-5-3-2-4-6-12)15(20-19)10-11-7-8-13(17)14(18)9-11/h7-9,12,15-16,20H,2-6,10,19H2,1H3. The first-order valence-electron chi connectivity index (χ1n) is 7.58. The van der Waals surface area contributed by atoms with Crippen molar-refractivity contribution >= 4 is 11.6 Å². The van der Waals surface area contributed by atoms with Crippen LogP contribution in [0.2, 0.25) is 5.02 Å². The van der Waals surface area contributed by atoms with Gasteiger partial charge in [-0.15, -0.1) is 0 Å². The normalized spacial score (nSPS) is 19.4. The summed E-state index contributed by atoms with van der Waals surface area (Å²) < 4.78 is 19.3. The number of benzene rings is 1.